The number of fused-ring (bicyclic) bond motifs is 2. The maximum absolute atomic E-state index is 15.1. The van der Waals surface area contributed by atoms with Crippen molar-refractivity contribution in [2.75, 3.05) is 5.32 Å². The number of anilines is 1. The van der Waals surface area contributed by atoms with Crippen LogP contribution in [0.3, 0.4) is 0 Å². The fourth-order valence-electron chi connectivity index (χ4n) is 5.35. The molecule has 2 fully saturated rings. The number of aromatic nitrogens is 1. The largest absolute Gasteiger partial charge is 0.380 e. The summed E-state index contributed by atoms with van der Waals surface area (Å²) in [5.74, 6) is -3.49. The lowest BCUT2D eigenvalue weighted by atomic mass is 10.0. The number of rotatable bonds is 8. The first-order valence-corrected chi connectivity index (χ1v) is 13.3. The molecule has 3 heterocycles. The summed E-state index contributed by atoms with van der Waals surface area (Å²) in [6.45, 7) is 2.00. The Labute approximate surface area is 202 Å². The van der Waals surface area contributed by atoms with Gasteiger partial charge >= 0.3 is 0 Å². The Morgan fingerprint density at radius 3 is 2.46 bits per heavy atom. The van der Waals surface area contributed by atoms with Gasteiger partial charge < -0.3 is 9.84 Å². The maximum Gasteiger partial charge on any atom is 0.190 e. The number of nitrogens with one attached hydrogen (secondary N) is 1. The Bertz CT molecular complexity index is 1330. The van der Waals surface area contributed by atoms with Crippen LogP contribution in [-0.4, -0.2) is 30.6 Å². The standard InChI is InChI=1S/C25H26F3N3O3S/c1-15-23(11-22(27)25(24(15)28)35(32,33)14-17-9-10-34-30-17)29-12-20-16(3-2-4-21(20)26)13-31-18-5-6-19(31)8-7-18/h2-4,9-11,18-19,29H,5-8,12-14H2,1H3. The lowest BCUT2D eigenvalue weighted by molar-refractivity contribution is 0.243. The fraction of sp³-hybridized carbons (Fsp3) is 0.400. The third kappa shape index (κ3) is 4.56. The van der Waals surface area contributed by atoms with Crippen LogP contribution >= 0.6 is 0 Å². The van der Waals surface area contributed by atoms with E-state index in [1.807, 2.05) is 6.07 Å². The zero-order valence-corrected chi connectivity index (χ0v) is 20.0. The summed E-state index contributed by atoms with van der Waals surface area (Å²) >= 11 is 0. The van der Waals surface area contributed by atoms with Crippen molar-refractivity contribution < 1.29 is 26.1 Å². The number of hydrogen-bond donors (Lipinski definition) is 1. The number of halogens is 3. The second-order valence-corrected chi connectivity index (χ2v) is 11.2. The van der Waals surface area contributed by atoms with E-state index in [0.717, 1.165) is 37.3 Å². The Balaban J connectivity index is 1.38. The number of sulfone groups is 1. The van der Waals surface area contributed by atoms with Gasteiger partial charge in [-0.15, -0.1) is 0 Å². The third-order valence-electron chi connectivity index (χ3n) is 7.19. The summed E-state index contributed by atoms with van der Waals surface area (Å²) < 4.78 is 74.7. The van der Waals surface area contributed by atoms with Crippen LogP contribution in [0.25, 0.3) is 0 Å². The van der Waals surface area contributed by atoms with E-state index in [1.165, 1.54) is 25.3 Å². The molecule has 0 unspecified atom stereocenters. The zero-order valence-electron chi connectivity index (χ0n) is 19.2. The highest BCUT2D eigenvalue weighted by Gasteiger charge is 2.39. The molecule has 0 radical (unpaired) electrons. The third-order valence-corrected chi connectivity index (χ3v) is 8.86. The molecule has 2 aliphatic rings. The molecular weight excluding hydrogens is 479 g/mol. The van der Waals surface area contributed by atoms with Crippen molar-refractivity contribution in [3.05, 3.63) is 76.4 Å². The minimum absolute atomic E-state index is 0.00986. The van der Waals surface area contributed by atoms with Crippen LogP contribution in [0.15, 0.2) is 46.0 Å². The van der Waals surface area contributed by atoms with Gasteiger partial charge in [0.15, 0.2) is 9.84 Å². The molecule has 5 rings (SSSR count). The van der Waals surface area contributed by atoms with Crippen molar-refractivity contribution in [2.24, 2.45) is 0 Å². The minimum atomic E-state index is -4.35. The van der Waals surface area contributed by atoms with Crippen molar-refractivity contribution in [3.63, 3.8) is 0 Å². The monoisotopic (exact) mass is 505 g/mol. The lowest BCUT2D eigenvalue weighted by Gasteiger charge is -2.24. The molecule has 6 nitrogen and oxygen atoms in total. The second-order valence-electron chi connectivity index (χ2n) is 9.29. The molecule has 2 saturated heterocycles. The van der Waals surface area contributed by atoms with Crippen molar-refractivity contribution in [1.82, 2.24) is 10.1 Å². The van der Waals surface area contributed by atoms with E-state index in [4.69, 9.17) is 0 Å². The van der Waals surface area contributed by atoms with Crippen molar-refractivity contribution in [2.45, 2.75) is 68.4 Å². The van der Waals surface area contributed by atoms with E-state index in [1.54, 1.807) is 6.07 Å². The van der Waals surface area contributed by atoms with Crippen LogP contribution in [0.2, 0.25) is 0 Å². The van der Waals surface area contributed by atoms with E-state index < -0.39 is 37.9 Å². The summed E-state index contributed by atoms with van der Waals surface area (Å²) in [6, 6.07) is 8.23. The van der Waals surface area contributed by atoms with Gasteiger partial charge in [0.25, 0.3) is 0 Å². The van der Waals surface area contributed by atoms with E-state index >= 15 is 4.39 Å². The average molecular weight is 506 g/mol. The summed E-state index contributed by atoms with van der Waals surface area (Å²) in [6.07, 6.45) is 5.84. The SMILES string of the molecule is Cc1c(NCc2c(F)cccc2CN2C3CCC2CC3)cc(F)c(S(=O)(=O)Cc2ccon2)c1F. The molecule has 1 N–H and O–H groups in total. The fourth-order valence-corrected chi connectivity index (χ4v) is 6.81. The predicted octanol–water partition coefficient (Wildman–Crippen LogP) is 5.11. The lowest BCUT2D eigenvalue weighted by Crippen LogP contribution is -2.28. The topological polar surface area (TPSA) is 75.4 Å². The Hall–Kier alpha value is -2.85. The van der Waals surface area contributed by atoms with Crippen LogP contribution in [0, 0.1) is 24.4 Å². The van der Waals surface area contributed by atoms with Crippen LogP contribution < -0.4 is 5.32 Å². The number of benzene rings is 2. The highest BCUT2D eigenvalue weighted by atomic mass is 32.2. The first kappa shape index (κ1) is 23.9. The van der Waals surface area contributed by atoms with Gasteiger partial charge in [-0.05, 0) is 50.3 Å². The molecule has 2 bridgehead atoms. The molecular formula is C25H26F3N3O3S. The summed E-state index contributed by atoms with van der Waals surface area (Å²) in [5.41, 5.74) is 1.31. The van der Waals surface area contributed by atoms with Crippen LogP contribution in [0.5, 0.6) is 0 Å². The van der Waals surface area contributed by atoms with Gasteiger partial charge in [-0.2, -0.15) is 0 Å². The van der Waals surface area contributed by atoms with Gasteiger partial charge in [0.2, 0.25) is 0 Å². The quantitative estimate of drug-likeness (QED) is 0.459. The smallest absolute Gasteiger partial charge is 0.190 e. The summed E-state index contributed by atoms with van der Waals surface area (Å²) in [4.78, 5) is 1.41. The molecule has 2 aliphatic heterocycles. The van der Waals surface area contributed by atoms with Gasteiger partial charge in [0, 0.05) is 48.1 Å². The first-order chi connectivity index (χ1) is 16.7. The van der Waals surface area contributed by atoms with Crippen molar-refractivity contribution in [1.29, 1.82) is 0 Å². The van der Waals surface area contributed by atoms with Gasteiger partial charge in [-0.3, -0.25) is 4.90 Å². The number of hydrogen-bond acceptors (Lipinski definition) is 6. The molecule has 0 aliphatic carbocycles. The molecule has 35 heavy (non-hydrogen) atoms. The average Bonchev–Trinajstić information content (AvgIpc) is 3.54. The molecule has 0 atom stereocenters. The van der Waals surface area contributed by atoms with Gasteiger partial charge in [-0.1, -0.05) is 17.3 Å². The van der Waals surface area contributed by atoms with Crippen molar-refractivity contribution >= 4 is 15.5 Å². The molecule has 0 saturated carbocycles. The van der Waals surface area contributed by atoms with Crippen LogP contribution in [0.1, 0.15) is 48.1 Å². The maximum atomic E-state index is 15.1. The van der Waals surface area contributed by atoms with Gasteiger partial charge in [0.1, 0.15) is 34.4 Å². The molecule has 0 amide bonds. The summed E-state index contributed by atoms with van der Waals surface area (Å²) in [7, 11) is -4.35. The molecule has 10 heteroatoms. The predicted molar refractivity (Wildman–Crippen MR) is 124 cm³/mol. The van der Waals surface area contributed by atoms with E-state index in [0.29, 0.717) is 24.2 Å². The Morgan fingerprint density at radius 1 is 1.09 bits per heavy atom. The first-order valence-electron chi connectivity index (χ1n) is 11.6. The minimum Gasteiger partial charge on any atom is -0.380 e. The number of nitrogens with zero attached hydrogens (tertiary/aromatic N) is 2. The second kappa shape index (κ2) is 9.31. The Kier molecular flexibility index (Phi) is 6.35. The van der Waals surface area contributed by atoms with Crippen LogP contribution in [-0.2, 0) is 28.7 Å². The molecule has 2 aromatic carbocycles. The summed E-state index contributed by atoms with van der Waals surface area (Å²) in [5, 5.41) is 6.42. The van der Waals surface area contributed by atoms with Crippen molar-refractivity contribution in [3.8, 4) is 0 Å². The highest BCUT2D eigenvalue weighted by molar-refractivity contribution is 7.90. The Morgan fingerprint density at radius 2 is 1.80 bits per heavy atom. The molecule has 1 aromatic heterocycles. The van der Waals surface area contributed by atoms with E-state index in [9.17, 15) is 17.2 Å². The van der Waals surface area contributed by atoms with Crippen LogP contribution in [0.4, 0.5) is 18.9 Å². The zero-order chi connectivity index (χ0) is 24.7. The molecule has 186 valence electrons. The van der Waals surface area contributed by atoms with Gasteiger partial charge in [0.05, 0.1) is 5.69 Å². The molecule has 3 aromatic rings. The van der Waals surface area contributed by atoms with Gasteiger partial charge in [-0.25, -0.2) is 21.6 Å². The van der Waals surface area contributed by atoms with E-state index in [-0.39, 0.29) is 23.5 Å². The molecule has 0 spiro atoms. The van der Waals surface area contributed by atoms with E-state index in [2.05, 4.69) is 19.9 Å². The normalized spacial score (nSPS) is 20.0. The highest BCUT2D eigenvalue weighted by Crippen LogP contribution is 2.39.